The fourth-order valence-electron chi connectivity index (χ4n) is 2.92. The Morgan fingerprint density at radius 1 is 0.968 bits per heavy atom. The molecule has 0 aliphatic carbocycles. The number of amides is 1. The van der Waals surface area contributed by atoms with Gasteiger partial charge in [-0.05, 0) is 49.4 Å². The van der Waals surface area contributed by atoms with E-state index in [4.69, 9.17) is 9.47 Å². The molecule has 0 bridgehead atoms. The molecular formula is C23H20N2O6. The van der Waals surface area contributed by atoms with Crippen molar-refractivity contribution in [2.45, 2.75) is 13.0 Å². The number of benzene rings is 3. The van der Waals surface area contributed by atoms with Gasteiger partial charge in [-0.15, -0.1) is 0 Å². The van der Waals surface area contributed by atoms with Gasteiger partial charge in [0.15, 0.2) is 6.10 Å². The molecule has 0 aliphatic heterocycles. The van der Waals surface area contributed by atoms with Crippen molar-refractivity contribution in [1.82, 2.24) is 0 Å². The molecule has 0 heterocycles. The summed E-state index contributed by atoms with van der Waals surface area (Å²) in [5.74, 6) is 0.186. The van der Waals surface area contributed by atoms with Crippen LogP contribution in [0.15, 0.2) is 72.8 Å². The van der Waals surface area contributed by atoms with Crippen molar-refractivity contribution in [3.8, 4) is 11.5 Å². The normalized spacial score (nSPS) is 11.3. The third-order valence-electron chi connectivity index (χ3n) is 4.49. The molecule has 0 saturated carbocycles. The molecule has 0 aliphatic rings. The highest BCUT2D eigenvalue weighted by Crippen LogP contribution is 2.23. The van der Waals surface area contributed by atoms with E-state index in [2.05, 4.69) is 5.32 Å². The first-order chi connectivity index (χ1) is 14.9. The summed E-state index contributed by atoms with van der Waals surface area (Å²) in [7, 11) is 1.55. The number of rotatable bonds is 8. The smallest absolute Gasteiger partial charge is 0.282 e. The fraction of sp³-hybridized carbons (Fsp3) is 0.130. The summed E-state index contributed by atoms with van der Waals surface area (Å²) >= 11 is 0. The number of ketones is 1. The molecule has 0 unspecified atom stereocenters. The van der Waals surface area contributed by atoms with Crippen LogP contribution in [0.1, 0.15) is 27.6 Å². The summed E-state index contributed by atoms with van der Waals surface area (Å²) in [6.07, 6.45) is -0.769. The van der Waals surface area contributed by atoms with Crippen LogP contribution in [0.3, 0.4) is 0 Å². The molecule has 1 amide bonds. The highest BCUT2D eigenvalue weighted by Gasteiger charge is 2.20. The molecule has 0 aromatic heterocycles. The monoisotopic (exact) mass is 420 g/mol. The number of hydrogen-bond acceptors (Lipinski definition) is 6. The average Bonchev–Trinajstić information content (AvgIpc) is 2.78. The molecule has 31 heavy (non-hydrogen) atoms. The number of nitrogens with one attached hydrogen (secondary N) is 1. The Labute approximate surface area is 178 Å². The minimum absolute atomic E-state index is 0.0538. The Kier molecular flexibility index (Phi) is 6.61. The van der Waals surface area contributed by atoms with Crippen LogP contribution in [0.4, 0.5) is 11.4 Å². The number of carbonyl (C=O) groups excluding carboxylic acids is 2. The molecule has 0 saturated heterocycles. The number of Topliss-reactive ketones (excluding diaryl/α,β-unsaturated/α-hetero) is 1. The maximum absolute atomic E-state index is 12.6. The first-order valence-corrected chi connectivity index (χ1v) is 9.39. The molecule has 0 spiro atoms. The predicted molar refractivity (Wildman–Crippen MR) is 115 cm³/mol. The van der Waals surface area contributed by atoms with Crippen LogP contribution < -0.4 is 14.8 Å². The van der Waals surface area contributed by atoms with Gasteiger partial charge in [0, 0.05) is 23.4 Å². The molecule has 0 radical (unpaired) electrons. The Morgan fingerprint density at radius 3 is 2.35 bits per heavy atom. The topological polar surface area (TPSA) is 108 Å². The summed E-state index contributed by atoms with van der Waals surface area (Å²) in [4.78, 5) is 35.6. The fourth-order valence-corrected chi connectivity index (χ4v) is 2.92. The van der Waals surface area contributed by atoms with Gasteiger partial charge in [-0.25, -0.2) is 0 Å². The molecular weight excluding hydrogens is 400 g/mol. The minimum Gasteiger partial charge on any atom is -0.497 e. The van der Waals surface area contributed by atoms with E-state index in [1.54, 1.807) is 68.6 Å². The molecule has 158 valence electrons. The molecule has 0 fully saturated rings. The first-order valence-electron chi connectivity index (χ1n) is 9.39. The standard InChI is InChI=1S/C23H20N2O6/c1-15(22(26)16-10-12-18(30-2)13-11-16)31-19-7-5-6-17(14-19)24-23(27)20-8-3-4-9-21(20)25(28)29/h3-15H,1-2H3,(H,24,27)/t15-/m1/s1. The highest BCUT2D eigenvalue weighted by atomic mass is 16.6. The van der Waals surface area contributed by atoms with E-state index in [0.29, 0.717) is 22.7 Å². The Bertz CT molecular complexity index is 1110. The summed E-state index contributed by atoms with van der Waals surface area (Å²) in [6.45, 7) is 1.63. The average molecular weight is 420 g/mol. The molecule has 8 nitrogen and oxygen atoms in total. The van der Waals surface area contributed by atoms with Crippen molar-refractivity contribution in [3.05, 3.63) is 94.0 Å². The zero-order valence-corrected chi connectivity index (χ0v) is 16.9. The number of nitrogens with zero attached hydrogens (tertiary/aromatic N) is 1. The number of nitro groups is 1. The molecule has 3 aromatic rings. The van der Waals surface area contributed by atoms with Gasteiger partial charge in [0.2, 0.25) is 5.78 Å². The largest absolute Gasteiger partial charge is 0.497 e. The second kappa shape index (κ2) is 9.53. The van der Waals surface area contributed by atoms with Gasteiger partial charge >= 0.3 is 0 Å². The van der Waals surface area contributed by atoms with Gasteiger partial charge in [0.1, 0.15) is 17.1 Å². The summed E-state index contributed by atoms with van der Waals surface area (Å²) in [5.41, 5.74) is 0.520. The number of anilines is 1. The second-order valence-electron chi connectivity index (χ2n) is 6.61. The molecule has 1 atom stereocenters. The molecule has 8 heteroatoms. The van der Waals surface area contributed by atoms with E-state index in [1.165, 1.54) is 18.2 Å². The van der Waals surface area contributed by atoms with E-state index in [-0.39, 0.29) is 17.0 Å². The van der Waals surface area contributed by atoms with Crippen LogP contribution in [-0.2, 0) is 0 Å². The Hall–Kier alpha value is -4.20. The van der Waals surface area contributed by atoms with Crippen LogP contribution in [0, 0.1) is 10.1 Å². The Morgan fingerprint density at radius 2 is 1.68 bits per heavy atom. The lowest BCUT2D eigenvalue weighted by atomic mass is 10.1. The van der Waals surface area contributed by atoms with Crippen LogP contribution >= 0.6 is 0 Å². The van der Waals surface area contributed by atoms with Crippen molar-refractivity contribution in [3.63, 3.8) is 0 Å². The SMILES string of the molecule is COc1ccc(C(=O)[C@@H](C)Oc2cccc(NC(=O)c3ccccc3[N+](=O)[O-])c2)cc1. The highest BCUT2D eigenvalue weighted by molar-refractivity contribution is 6.07. The quantitative estimate of drug-likeness (QED) is 0.326. The van der Waals surface area contributed by atoms with Crippen molar-refractivity contribution >= 4 is 23.1 Å². The van der Waals surface area contributed by atoms with Gasteiger partial charge in [0.05, 0.1) is 12.0 Å². The van der Waals surface area contributed by atoms with E-state index in [1.807, 2.05) is 0 Å². The van der Waals surface area contributed by atoms with E-state index >= 15 is 0 Å². The van der Waals surface area contributed by atoms with Crippen LogP contribution in [0.2, 0.25) is 0 Å². The van der Waals surface area contributed by atoms with Crippen LogP contribution in [-0.4, -0.2) is 29.8 Å². The number of nitro benzene ring substituents is 1. The van der Waals surface area contributed by atoms with Crippen LogP contribution in [0.25, 0.3) is 0 Å². The van der Waals surface area contributed by atoms with Gasteiger partial charge in [0.25, 0.3) is 11.6 Å². The summed E-state index contributed by atoms with van der Waals surface area (Å²) in [5, 5.41) is 13.8. The third-order valence-corrected chi connectivity index (χ3v) is 4.49. The Balaban J connectivity index is 1.70. The number of carbonyl (C=O) groups is 2. The van der Waals surface area contributed by atoms with Gasteiger partial charge in [-0.1, -0.05) is 18.2 Å². The zero-order valence-electron chi connectivity index (χ0n) is 16.9. The first kappa shape index (κ1) is 21.5. The van der Waals surface area contributed by atoms with Crippen molar-refractivity contribution in [2.24, 2.45) is 0 Å². The van der Waals surface area contributed by atoms with Crippen LogP contribution in [0.5, 0.6) is 11.5 Å². The van der Waals surface area contributed by atoms with Gasteiger partial charge in [-0.3, -0.25) is 19.7 Å². The van der Waals surface area contributed by atoms with E-state index in [9.17, 15) is 19.7 Å². The maximum atomic E-state index is 12.6. The second-order valence-corrected chi connectivity index (χ2v) is 6.61. The van der Waals surface area contributed by atoms with Crippen molar-refractivity contribution in [1.29, 1.82) is 0 Å². The number of hydrogen-bond donors (Lipinski definition) is 1. The number of para-hydroxylation sites is 1. The molecule has 3 aromatic carbocycles. The van der Waals surface area contributed by atoms with Crippen molar-refractivity contribution in [2.75, 3.05) is 12.4 Å². The molecule has 1 N–H and O–H groups in total. The zero-order chi connectivity index (χ0) is 22.4. The predicted octanol–water partition coefficient (Wildman–Crippen LogP) is 4.51. The van der Waals surface area contributed by atoms with Crippen molar-refractivity contribution < 1.29 is 24.0 Å². The lowest BCUT2D eigenvalue weighted by molar-refractivity contribution is -0.385. The lowest BCUT2D eigenvalue weighted by Crippen LogP contribution is -2.24. The van der Waals surface area contributed by atoms with Gasteiger partial charge in [-0.2, -0.15) is 0 Å². The third kappa shape index (κ3) is 5.24. The number of ether oxygens (including phenoxy) is 2. The lowest BCUT2D eigenvalue weighted by Gasteiger charge is -2.15. The van der Waals surface area contributed by atoms with E-state index in [0.717, 1.165) is 0 Å². The number of methoxy groups -OCH3 is 1. The van der Waals surface area contributed by atoms with E-state index < -0.39 is 16.9 Å². The summed E-state index contributed by atoms with van der Waals surface area (Å²) in [6, 6.07) is 18.8. The summed E-state index contributed by atoms with van der Waals surface area (Å²) < 4.78 is 10.8. The molecule has 3 rings (SSSR count). The van der Waals surface area contributed by atoms with Gasteiger partial charge < -0.3 is 14.8 Å². The minimum atomic E-state index is -0.769. The maximum Gasteiger partial charge on any atom is 0.282 e.